The van der Waals surface area contributed by atoms with Gasteiger partial charge in [0.25, 0.3) is 0 Å². The average molecular weight is 314 g/mol. The van der Waals surface area contributed by atoms with Crippen molar-refractivity contribution in [3.8, 4) is 0 Å². The Balaban J connectivity index is 1.92. The van der Waals surface area contributed by atoms with Gasteiger partial charge >= 0.3 is 6.03 Å². The second-order valence-corrected chi connectivity index (χ2v) is 6.00. The van der Waals surface area contributed by atoms with Crippen LogP contribution in [0.15, 0.2) is 24.3 Å². The number of amides is 3. The third kappa shape index (κ3) is 2.42. The number of amidine groups is 1. The fourth-order valence-electron chi connectivity index (χ4n) is 3.20. The van der Waals surface area contributed by atoms with Crippen LogP contribution in [-0.4, -0.2) is 60.3 Å². The summed E-state index contributed by atoms with van der Waals surface area (Å²) in [6, 6.07) is 5.94. The maximum Gasteiger partial charge on any atom is 0.325 e. The van der Waals surface area contributed by atoms with Crippen LogP contribution in [0.2, 0.25) is 0 Å². The van der Waals surface area contributed by atoms with Crippen molar-refractivity contribution in [2.75, 3.05) is 25.5 Å². The van der Waals surface area contributed by atoms with E-state index in [-0.39, 0.29) is 12.1 Å². The van der Waals surface area contributed by atoms with Crippen molar-refractivity contribution < 1.29 is 9.59 Å². The molecule has 3 N–H and O–H groups in total. The second kappa shape index (κ2) is 5.57. The largest absolute Gasteiger partial charge is 0.368 e. The lowest BCUT2D eigenvalue weighted by molar-refractivity contribution is -0.119. The van der Waals surface area contributed by atoms with Gasteiger partial charge in [-0.2, -0.15) is 0 Å². The molecule has 1 radical (unpaired) electrons. The predicted octanol–water partition coefficient (Wildman–Crippen LogP) is 0.646. The number of carbonyl (C=O) groups excluding carboxylic acids is 2. The van der Waals surface area contributed by atoms with Crippen LogP contribution in [-0.2, 0) is 4.79 Å². The van der Waals surface area contributed by atoms with Gasteiger partial charge in [0, 0.05) is 31.9 Å². The van der Waals surface area contributed by atoms with Gasteiger partial charge in [0.05, 0.1) is 6.04 Å². The molecule has 2 atom stereocenters. The van der Waals surface area contributed by atoms with Gasteiger partial charge in [-0.1, -0.05) is 0 Å². The zero-order valence-electron chi connectivity index (χ0n) is 13.2. The van der Waals surface area contributed by atoms with Gasteiger partial charge in [0.2, 0.25) is 5.91 Å². The lowest BCUT2D eigenvalue weighted by Crippen LogP contribution is -2.46. The van der Waals surface area contributed by atoms with E-state index in [1.165, 1.54) is 4.90 Å². The number of primary amides is 1. The number of nitrogens with one attached hydrogen (secondary N) is 1. The van der Waals surface area contributed by atoms with Crippen molar-refractivity contribution in [1.82, 2.24) is 9.80 Å². The minimum absolute atomic E-state index is 0.192. The average Bonchev–Trinajstić information content (AvgIpc) is 3.08. The van der Waals surface area contributed by atoms with E-state index in [1.807, 2.05) is 6.42 Å². The molecular formula is C16H20N5O2. The lowest BCUT2D eigenvalue weighted by Gasteiger charge is -2.23. The van der Waals surface area contributed by atoms with Crippen molar-refractivity contribution in [2.24, 2.45) is 5.73 Å². The van der Waals surface area contributed by atoms with Crippen LogP contribution in [0, 0.1) is 11.8 Å². The van der Waals surface area contributed by atoms with Crippen molar-refractivity contribution in [2.45, 2.75) is 18.5 Å². The highest BCUT2D eigenvalue weighted by Crippen LogP contribution is 2.34. The van der Waals surface area contributed by atoms with Gasteiger partial charge in [-0.15, -0.1) is 0 Å². The highest BCUT2D eigenvalue weighted by atomic mass is 16.2. The minimum atomic E-state index is -0.677. The maximum absolute atomic E-state index is 12.6. The molecule has 2 saturated heterocycles. The summed E-state index contributed by atoms with van der Waals surface area (Å²) in [5, 5.41) is 7.97. The van der Waals surface area contributed by atoms with Gasteiger partial charge in [0.1, 0.15) is 11.9 Å². The van der Waals surface area contributed by atoms with Crippen LogP contribution < -0.4 is 10.6 Å². The molecule has 7 heteroatoms. The molecule has 0 saturated carbocycles. The van der Waals surface area contributed by atoms with Crippen LogP contribution in [0.5, 0.6) is 0 Å². The van der Waals surface area contributed by atoms with E-state index in [0.717, 1.165) is 12.0 Å². The Bertz CT molecular complexity index is 655. The Labute approximate surface area is 135 Å². The first-order valence-corrected chi connectivity index (χ1v) is 7.50. The van der Waals surface area contributed by atoms with Gasteiger partial charge in [0.15, 0.2) is 0 Å². The molecule has 23 heavy (non-hydrogen) atoms. The van der Waals surface area contributed by atoms with E-state index in [2.05, 4.69) is 0 Å². The quantitative estimate of drug-likeness (QED) is 0.633. The standard InChI is InChI=1S/C16H20N5O2/c1-19(2)14(17)10-5-7-11(8-6-10)21-13(15(18)22)12-4-3-9-20(12)16(21)23/h4-8,12-13,17H,3,9H2,1-2H3,(H2,18,22)/t12-,13?/m1/s1. The molecule has 3 rings (SSSR count). The number of hydrogen-bond acceptors (Lipinski definition) is 3. The number of hydrogen-bond donors (Lipinski definition) is 2. The fraction of sp³-hybridized carbons (Fsp3) is 0.375. The molecule has 0 bridgehead atoms. The van der Waals surface area contributed by atoms with E-state index in [1.54, 1.807) is 48.2 Å². The Hall–Kier alpha value is -2.57. The summed E-state index contributed by atoms with van der Waals surface area (Å²) in [5.41, 5.74) is 6.91. The highest BCUT2D eigenvalue weighted by Gasteiger charge is 2.51. The highest BCUT2D eigenvalue weighted by molar-refractivity contribution is 6.04. The number of fused-ring (bicyclic) bond motifs is 1. The molecule has 3 amide bonds. The van der Waals surface area contributed by atoms with Crippen LogP contribution in [0.25, 0.3) is 0 Å². The molecule has 0 aliphatic carbocycles. The summed E-state index contributed by atoms with van der Waals surface area (Å²) < 4.78 is 0. The summed E-state index contributed by atoms with van der Waals surface area (Å²) in [4.78, 5) is 29.3. The van der Waals surface area contributed by atoms with E-state index in [0.29, 0.717) is 18.1 Å². The second-order valence-electron chi connectivity index (χ2n) is 6.00. The van der Waals surface area contributed by atoms with Crippen molar-refractivity contribution in [3.05, 3.63) is 36.2 Å². The molecule has 0 aromatic heterocycles. The summed E-state index contributed by atoms with van der Waals surface area (Å²) in [7, 11) is 3.60. The zero-order chi connectivity index (χ0) is 16.7. The number of carbonyl (C=O) groups is 2. The summed E-state index contributed by atoms with van der Waals surface area (Å²) in [6.45, 7) is 0.618. The topological polar surface area (TPSA) is 93.7 Å². The molecule has 2 fully saturated rings. The molecule has 0 spiro atoms. The first kappa shape index (κ1) is 15.3. The van der Waals surface area contributed by atoms with Crippen LogP contribution in [0.4, 0.5) is 10.5 Å². The Morgan fingerprint density at radius 1 is 1.30 bits per heavy atom. The number of rotatable bonds is 3. The van der Waals surface area contributed by atoms with Crippen molar-refractivity contribution in [1.29, 1.82) is 5.41 Å². The molecule has 2 heterocycles. The number of anilines is 1. The molecular weight excluding hydrogens is 294 g/mol. The Morgan fingerprint density at radius 3 is 2.52 bits per heavy atom. The van der Waals surface area contributed by atoms with Gasteiger partial charge in [-0.05, 0) is 37.1 Å². The molecule has 7 nitrogen and oxygen atoms in total. The Kier molecular flexibility index (Phi) is 3.71. The molecule has 1 unspecified atom stereocenters. The molecule has 2 aliphatic rings. The number of nitrogens with two attached hydrogens (primary N) is 1. The van der Waals surface area contributed by atoms with E-state index < -0.39 is 11.9 Å². The van der Waals surface area contributed by atoms with Crippen LogP contribution >= 0.6 is 0 Å². The minimum Gasteiger partial charge on any atom is -0.368 e. The van der Waals surface area contributed by atoms with Crippen molar-refractivity contribution in [3.63, 3.8) is 0 Å². The first-order valence-electron chi connectivity index (χ1n) is 7.50. The third-order valence-corrected chi connectivity index (χ3v) is 4.35. The Morgan fingerprint density at radius 2 is 1.96 bits per heavy atom. The van der Waals surface area contributed by atoms with Crippen LogP contribution in [0.3, 0.4) is 0 Å². The molecule has 2 aliphatic heterocycles. The number of nitrogens with zero attached hydrogens (tertiary/aromatic N) is 3. The predicted molar refractivity (Wildman–Crippen MR) is 87.2 cm³/mol. The summed E-state index contributed by atoms with van der Waals surface area (Å²) >= 11 is 0. The lowest BCUT2D eigenvalue weighted by atomic mass is 10.0. The SMILES string of the molecule is CN(C)C(=N)c1ccc(N2C(=O)N3CC[CH][C@@H]3C2C(N)=O)cc1. The molecule has 121 valence electrons. The number of benzene rings is 1. The monoisotopic (exact) mass is 314 g/mol. The molecule has 1 aromatic rings. The summed E-state index contributed by atoms with van der Waals surface area (Å²) in [6.07, 6.45) is 2.76. The van der Waals surface area contributed by atoms with Gasteiger partial charge in [-0.3, -0.25) is 15.1 Å². The maximum atomic E-state index is 12.6. The third-order valence-electron chi connectivity index (χ3n) is 4.35. The fourth-order valence-corrected chi connectivity index (χ4v) is 3.20. The number of urea groups is 1. The van der Waals surface area contributed by atoms with E-state index in [4.69, 9.17) is 11.1 Å². The zero-order valence-corrected chi connectivity index (χ0v) is 13.2. The van der Waals surface area contributed by atoms with Crippen molar-refractivity contribution >= 4 is 23.5 Å². The van der Waals surface area contributed by atoms with Crippen LogP contribution in [0.1, 0.15) is 12.0 Å². The first-order chi connectivity index (χ1) is 10.9. The molecule has 1 aromatic carbocycles. The van der Waals surface area contributed by atoms with E-state index in [9.17, 15) is 9.59 Å². The van der Waals surface area contributed by atoms with Gasteiger partial charge in [-0.25, -0.2) is 4.79 Å². The smallest absolute Gasteiger partial charge is 0.325 e. The summed E-state index contributed by atoms with van der Waals surface area (Å²) in [5.74, 6) is -0.126. The van der Waals surface area contributed by atoms with E-state index >= 15 is 0 Å². The normalized spacial score (nSPS) is 23.1. The van der Waals surface area contributed by atoms with Gasteiger partial charge < -0.3 is 15.5 Å².